The van der Waals surface area contributed by atoms with Gasteiger partial charge >= 0.3 is 6.03 Å². The van der Waals surface area contributed by atoms with Gasteiger partial charge in [0.15, 0.2) is 0 Å². The zero-order chi connectivity index (χ0) is 19.9. The first-order valence-electron chi connectivity index (χ1n) is 9.76. The van der Waals surface area contributed by atoms with Gasteiger partial charge in [-0.2, -0.15) is 0 Å². The number of carbonyl (C=O) groups excluding carboxylic acids is 2. The summed E-state index contributed by atoms with van der Waals surface area (Å²) >= 11 is 0. The third-order valence-electron chi connectivity index (χ3n) is 4.93. The Morgan fingerprint density at radius 3 is 2.57 bits per heavy atom. The van der Waals surface area contributed by atoms with Gasteiger partial charge in [0.05, 0.1) is 0 Å². The number of hydrogen-bond acceptors (Lipinski definition) is 2. The molecule has 1 aliphatic carbocycles. The molecule has 0 fully saturated rings. The molecule has 6 heteroatoms. The molecule has 0 bridgehead atoms. The number of urea groups is 1. The molecule has 0 aliphatic heterocycles. The zero-order valence-corrected chi connectivity index (χ0v) is 16.1. The van der Waals surface area contributed by atoms with Gasteiger partial charge < -0.3 is 16.0 Å². The van der Waals surface area contributed by atoms with E-state index in [2.05, 4.69) is 22.0 Å². The fourth-order valence-corrected chi connectivity index (χ4v) is 3.43. The Hall–Kier alpha value is -2.89. The molecule has 3 N–H and O–H groups in total. The van der Waals surface area contributed by atoms with E-state index in [9.17, 15) is 14.0 Å². The minimum absolute atomic E-state index is 0.225. The van der Waals surface area contributed by atoms with Crippen LogP contribution in [0.3, 0.4) is 0 Å². The molecule has 0 radical (unpaired) electrons. The first-order chi connectivity index (χ1) is 13.5. The average molecular weight is 383 g/mol. The standard InChI is InChI=1S/C22H26FN3O2/c1-2-4-20(26-22(28)24-14-15-7-10-18(23)11-8-15)21(27)25-19-12-9-16-5-3-6-17(16)13-19/h7-13,20H,2-6,14H2,1H3,(H,25,27)(H2,24,26,28). The number of hydrogen-bond donors (Lipinski definition) is 3. The minimum Gasteiger partial charge on any atom is -0.334 e. The molecular formula is C22H26FN3O2. The van der Waals surface area contributed by atoms with Crippen LogP contribution in [0.4, 0.5) is 14.9 Å². The van der Waals surface area contributed by atoms with Gasteiger partial charge in [0, 0.05) is 12.2 Å². The lowest BCUT2D eigenvalue weighted by molar-refractivity contribution is -0.118. The Labute approximate surface area is 164 Å². The van der Waals surface area contributed by atoms with Crippen LogP contribution in [0.5, 0.6) is 0 Å². The smallest absolute Gasteiger partial charge is 0.315 e. The van der Waals surface area contributed by atoms with Crippen LogP contribution in [0.25, 0.3) is 0 Å². The number of benzene rings is 2. The molecule has 0 saturated carbocycles. The predicted molar refractivity (Wildman–Crippen MR) is 108 cm³/mol. The van der Waals surface area contributed by atoms with E-state index in [1.54, 1.807) is 12.1 Å². The fourth-order valence-electron chi connectivity index (χ4n) is 3.43. The summed E-state index contributed by atoms with van der Waals surface area (Å²) in [6.07, 6.45) is 4.60. The predicted octanol–water partition coefficient (Wildman–Crippen LogP) is 3.92. The molecule has 1 atom stereocenters. The lowest BCUT2D eigenvalue weighted by Crippen LogP contribution is -2.47. The molecule has 3 amide bonds. The van der Waals surface area contributed by atoms with E-state index in [0.29, 0.717) is 6.42 Å². The second kappa shape index (κ2) is 9.35. The molecule has 148 valence electrons. The van der Waals surface area contributed by atoms with Crippen LogP contribution in [0.15, 0.2) is 42.5 Å². The molecule has 1 unspecified atom stereocenters. The summed E-state index contributed by atoms with van der Waals surface area (Å²) < 4.78 is 12.9. The molecule has 0 saturated heterocycles. The summed E-state index contributed by atoms with van der Waals surface area (Å²) in [5.41, 5.74) is 4.18. The maximum absolute atomic E-state index is 12.9. The largest absolute Gasteiger partial charge is 0.334 e. The lowest BCUT2D eigenvalue weighted by Gasteiger charge is -2.18. The topological polar surface area (TPSA) is 70.2 Å². The molecule has 0 aromatic heterocycles. The van der Waals surface area contributed by atoms with E-state index in [4.69, 9.17) is 0 Å². The molecule has 0 heterocycles. The molecule has 2 aromatic carbocycles. The van der Waals surface area contributed by atoms with E-state index in [1.807, 2.05) is 19.1 Å². The highest BCUT2D eigenvalue weighted by molar-refractivity contribution is 5.97. The zero-order valence-electron chi connectivity index (χ0n) is 16.1. The number of amides is 3. The number of halogens is 1. The van der Waals surface area contributed by atoms with Gasteiger partial charge in [-0.3, -0.25) is 4.79 Å². The van der Waals surface area contributed by atoms with Gasteiger partial charge in [-0.25, -0.2) is 9.18 Å². The van der Waals surface area contributed by atoms with Crippen LogP contribution in [-0.2, 0) is 24.2 Å². The van der Waals surface area contributed by atoms with Crippen LogP contribution in [0, 0.1) is 5.82 Å². The second-order valence-electron chi connectivity index (χ2n) is 7.12. The van der Waals surface area contributed by atoms with E-state index in [-0.39, 0.29) is 18.3 Å². The second-order valence-corrected chi connectivity index (χ2v) is 7.12. The Bertz CT molecular complexity index is 836. The van der Waals surface area contributed by atoms with Crippen molar-refractivity contribution in [3.63, 3.8) is 0 Å². The van der Waals surface area contributed by atoms with Crippen LogP contribution >= 0.6 is 0 Å². The number of anilines is 1. The Morgan fingerprint density at radius 1 is 1.07 bits per heavy atom. The van der Waals surface area contributed by atoms with E-state index < -0.39 is 12.1 Å². The maximum atomic E-state index is 12.9. The molecule has 0 spiro atoms. The highest BCUT2D eigenvalue weighted by Gasteiger charge is 2.20. The van der Waals surface area contributed by atoms with E-state index in [1.165, 1.54) is 23.3 Å². The van der Waals surface area contributed by atoms with Crippen molar-refractivity contribution in [1.82, 2.24) is 10.6 Å². The summed E-state index contributed by atoms with van der Waals surface area (Å²) in [6.45, 7) is 2.23. The Kier molecular flexibility index (Phi) is 6.63. The van der Waals surface area contributed by atoms with Crippen LogP contribution in [-0.4, -0.2) is 18.0 Å². The maximum Gasteiger partial charge on any atom is 0.315 e. The van der Waals surface area contributed by atoms with E-state index >= 15 is 0 Å². The van der Waals surface area contributed by atoms with Crippen LogP contribution in [0.2, 0.25) is 0 Å². The summed E-state index contributed by atoms with van der Waals surface area (Å²) in [5, 5.41) is 8.36. The quantitative estimate of drug-likeness (QED) is 0.678. The van der Waals surface area contributed by atoms with Gasteiger partial charge in [-0.05, 0) is 66.6 Å². The van der Waals surface area contributed by atoms with Crippen molar-refractivity contribution in [1.29, 1.82) is 0 Å². The highest BCUT2D eigenvalue weighted by Crippen LogP contribution is 2.25. The number of aryl methyl sites for hydroxylation is 2. The number of rotatable bonds is 7. The van der Waals surface area contributed by atoms with Crippen molar-refractivity contribution in [3.05, 3.63) is 65.0 Å². The minimum atomic E-state index is -0.619. The first-order valence-corrected chi connectivity index (χ1v) is 9.76. The van der Waals surface area contributed by atoms with Crippen molar-refractivity contribution in [2.24, 2.45) is 0 Å². The van der Waals surface area contributed by atoms with Crippen molar-refractivity contribution in [3.8, 4) is 0 Å². The van der Waals surface area contributed by atoms with Gasteiger partial charge in [0.1, 0.15) is 11.9 Å². The molecule has 1 aliphatic rings. The third-order valence-corrected chi connectivity index (χ3v) is 4.93. The van der Waals surface area contributed by atoms with Crippen molar-refractivity contribution < 1.29 is 14.0 Å². The van der Waals surface area contributed by atoms with Gasteiger partial charge in [-0.15, -0.1) is 0 Å². The number of nitrogens with one attached hydrogen (secondary N) is 3. The van der Waals surface area contributed by atoms with Gasteiger partial charge in [0.2, 0.25) is 5.91 Å². The number of fused-ring (bicyclic) bond motifs is 1. The van der Waals surface area contributed by atoms with Crippen molar-refractivity contribution in [2.45, 2.75) is 51.6 Å². The van der Waals surface area contributed by atoms with Gasteiger partial charge in [-0.1, -0.05) is 31.5 Å². The Morgan fingerprint density at radius 2 is 1.82 bits per heavy atom. The first kappa shape index (κ1) is 19.9. The van der Waals surface area contributed by atoms with Gasteiger partial charge in [0.25, 0.3) is 0 Å². The SMILES string of the molecule is CCCC(NC(=O)NCc1ccc(F)cc1)C(=O)Nc1ccc2c(c1)CCC2. The summed E-state index contributed by atoms with van der Waals surface area (Å²) in [7, 11) is 0. The van der Waals surface area contributed by atoms with Crippen LogP contribution < -0.4 is 16.0 Å². The summed E-state index contributed by atoms with van der Waals surface area (Å²) in [4.78, 5) is 24.9. The fraction of sp³-hybridized carbons (Fsp3) is 0.364. The molecule has 2 aromatic rings. The monoisotopic (exact) mass is 383 g/mol. The molecular weight excluding hydrogens is 357 g/mol. The summed E-state index contributed by atoms with van der Waals surface area (Å²) in [5.74, 6) is -0.545. The van der Waals surface area contributed by atoms with E-state index in [0.717, 1.165) is 36.9 Å². The molecule has 5 nitrogen and oxygen atoms in total. The molecule has 28 heavy (non-hydrogen) atoms. The normalized spacial score (nSPS) is 13.5. The summed E-state index contributed by atoms with van der Waals surface area (Å²) in [6, 6.07) is 10.9. The number of carbonyl (C=O) groups is 2. The van der Waals surface area contributed by atoms with Crippen LogP contribution in [0.1, 0.15) is 42.9 Å². The van der Waals surface area contributed by atoms with Crippen molar-refractivity contribution in [2.75, 3.05) is 5.32 Å². The third kappa shape index (κ3) is 5.31. The Balaban J connectivity index is 1.54. The van der Waals surface area contributed by atoms with Crippen molar-refractivity contribution >= 4 is 17.6 Å². The molecule has 3 rings (SSSR count). The average Bonchev–Trinajstić information content (AvgIpc) is 3.15. The highest BCUT2D eigenvalue weighted by atomic mass is 19.1. The lowest BCUT2D eigenvalue weighted by atomic mass is 10.1.